The maximum atomic E-state index is 11.3. The van der Waals surface area contributed by atoms with Crippen LogP contribution in [0, 0.1) is 5.92 Å². The van der Waals surface area contributed by atoms with Crippen LogP contribution >= 0.6 is 0 Å². The quantitative estimate of drug-likeness (QED) is 0.782. The molecule has 3 heteroatoms. The summed E-state index contributed by atoms with van der Waals surface area (Å²) in [5.41, 5.74) is 0. The third-order valence-corrected chi connectivity index (χ3v) is 3.09. The van der Waals surface area contributed by atoms with E-state index in [1.165, 1.54) is 19.3 Å². The first-order valence-corrected chi connectivity index (χ1v) is 6.09. The summed E-state index contributed by atoms with van der Waals surface area (Å²) in [6.45, 7) is 5.98. The normalized spacial score (nSPS) is 26.4. The maximum Gasteiger partial charge on any atom is 0.407 e. The molecule has 1 rings (SSSR count). The minimum absolute atomic E-state index is 0.0306. The first-order valence-electron chi connectivity index (χ1n) is 6.09. The summed E-state index contributed by atoms with van der Waals surface area (Å²) >= 11 is 0. The molecule has 0 aromatic heterocycles. The van der Waals surface area contributed by atoms with Crippen molar-refractivity contribution in [2.75, 3.05) is 0 Å². The molecule has 15 heavy (non-hydrogen) atoms. The Morgan fingerprint density at radius 1 is 1.33 bits per heavy atom. The van der Waals surface area contributed by atoms with Gasteiger partial charge in [-0.25, -0.2) is 4.79 Å². The Bertz CT molecular complexity index is 196. The van der Waals surface area contributed by atoms with Crippen LogP contribution in [0.5, 0.6) is 0 Å². The van der Waals surface area contributed by atoms with Gasteiger partial charge in [0, 0.05) is 6.04 Å². The van der Waals surface area contributed by atoms with Gasteiger partial charge in [-0.2, -0.15) is 0 Å². The Morgan fingerprint density at radius 3 is 2.40 bits per heavy atom. The molecule has 1 fully saturated rings. The molecule has 0 spiro atoms. The topological polar surface area (TPSA) is 38.3 Å². The maximum absolute atomic E-state index is 11.3. The summed E-state index contributed by atoms with van der Waals surface area (Å²) in [5, 5.41) is 2.93. The van der Waals surface area contributed by atoms with Crippen molar-refractivity contribution in [2.45, 2.75) is 65.0 Å². The van der Waals surface area contributed by atoms with E-state index in [1.54, 1.807) is 0 Å². The van der Waals surface area contributed by atoms with Crippen LogP contribution in [0.2, 0.25) is 0 Å². The van der Waals surface area contributed by atoms with Gasteiger partial charge in [0.1, 0.15) is 0 Å². The van der Waals surface area contributed by atoms with Crippen LogP contribution in [0.1, 0.15) is 52.9 Å². The number of rotatable bonds is 3. The number of amides is 1. The summed E-state index contributed by atoms with van der Waals surface area (Å²) < 4.78 is 5.06. The van der Waals surface area contributed by atoms with Crippen molar-refractivity contribution >= 4 is 6.09 Å². The molecule has 1 N–H and O–H groups in total. The Hall–Kier alpha value is -0.730. The predicted octanol–water partition coefficient (Wildman–Crippen LogP) is 3.09. The lowest BCUT2D eigenvalue weighted by molar-refractivity contribution is 0.108. The van der Waals surface area contributed by atoms with Gasteiger partial charge >= 0.3 is 6.09 Å². The van der Waals surface area contributed by atoms with Crippen LogP contribution in [0.4, 0.5) is 4.79 Å². The fourth-order valence-corrected chi connectivity index (χ4v) is 2.13. The average Bonchev–Trinajstić information content (AvgIpc) is 2.17. The summed E-state index contributed by atoms with van der Waals surface area (Å²) in [7, 11) is 0. The molecule has 0 aromatic rings. The highest BCUT2D eigenvalue weighted by molar-refractivity contribution is 5.67. The second-order valence-electron chi connectivity index (χ2n) is 4.72. The largest absolute Gasteiger partial charge is 0.447 e. The van der Waals surface area contributed by atoms with Crippen molar-refractivity contribution in [3.8, 4) is 0 Å². The highest BCUT2D eigenvalue weighted by Gasteiger charge is 2.21. The van der Waals surface area contributed by atoms with E-state index in [4.69, 9.17) is 4.74 Å². The average molecular weight is 213 g/mol. The fourth-order valence-electron chi connectivity index (χ4n) is 2.13. The van der Waals surface area contributed by atoms with Gasteiger partial charge in [-0.1, -0.05) is 13.3 Å². The van der Waals surface area contributed by atoms with Gasteiger partial charge in [0.15, 0.2) is 0 Å². The molecule has 1 aliphatic rings. The van der Waals surface area contributed by atoms with Crippen molar-refractivity contribution in [1.29, 1.82) is 0 Å². The Balaban J connectivity index is 2.20. The Kier molecular flexibility index (Phi) is 4.92. The number of hydrogen-bond acceptors (Lipinski definition) is 2. The van der Waals surface area contributed by atoms with Gasteiger partial charge in [-0.15, -0.1) is 0 Å². The minimum atomic E-state index is -0.259. The standard InChI is InChI=1S/C12H23NO2/c1-4-10-5-7-11(8-6-10)13-12(14)15-9(2)3/h9-11H,4-8H2,1-3H3,(H,13,14). The predicted molar refractivity (Wildman–Crippen MR) is 60.8 cm³/mol. The number of hydrogen-bond donors (Lipinski definition) is 1. The fraction of sp³-hybridized carbons (Fsp3) is 0.917. The van der Waals surface area contributed by atoms with Crippen LogP contribution < -0.4 is 5.32 Å². The van der Waals surface area contributed by atoms with E-state index in [1.807, 2.05) is 13.8 Å². The van der Waals surface area contributed by atoms with Gasteiger partial charge in [0.2, 0.25) is 0 Å². The molecule has 0 radical (unpaired) electrons. The lowest BCUT2D eigenvalue weighted by Crippen LogP contribution is -2.38. The molecule has 0 heterocycles. The molecule has 1 saturated carbocycles. The van der Waals surface area contributed by atoms with Crippen LogP contribution in [0.15, 0.2) is 0 Å². The zero-order valence-electron chi connectivity index (χ0n) is 10.1. The van der Waals surface area contributed by atoms with Gasteiger partial charge < -0.3 is 10.1 Å². The molecule has 0 bridgehead atoms. The summed E-state index contributed by atoms with van der Waals surface area (Å²) in [6.07, 6.45) is 5.66. The molecular formula is C12H23NO2. The summed E-state index contributed by atoms with van der Waals surface area (Å²) in [5.74, 6) is 0.865. The molecule has 0 atom stereocenters. The van der Waals surface area contributed by atoms with Crippen LogP contribution in [0.25, 0.3) is 0 Å². The molecule has 1 amide bonds. The third-order valence-electron chi connectivity index (χ3n) is 3.09. The zero-order valence-corrected chi connectivity index (χ0v) is 10.1. The number of alkyl carbamates (subject to hydrolysis) is 1. The highest BCUT2D eigenvalue weighted by atomic mass is 16.6. The molecule has 0 saturated heterocycles. The van der Waals surface area contributed by atoms with E-state index in [2.05, 4.69) is 12.2 Å². The van der Waals surface area contributed by atoms with E-state index in [0.29, 0.717) is 6.04 Å². The number of nitrogens with one attached hydrogen (secondary N) is 1. The van der Waals surface area contributed by atoms with Crippen molar-refractivity contribution in [1.82, 2.24) is 5.32 Å². The number of carbonyl (C=O) groups excluding carboxylic acids is 1. The SMILES string of the molecule is CCC1CCC(NC(=O)OC(C)C)CC1. The van der Waals surface area contributed by atoms with Gasteiger partial charge in [0.25, 0.3) is 0 Å². The van der Waals surface area contributed by atoms with Crippen LogP contribution in [-0.4, -0.2) is 18.2 Å². The molecule has 0 unspecified atom stereocenters. The number of carbonyl (C=O) groups is 1. The monoisotopic (exact) mass is 213 g/mol. The van der Waals surface area contributed by atoms with Crippen molar-refractivity contribution in [3.05, 3.63) is 0 Å². The van der Waals surface area contributed by atoms with E-state index >= 15 is 0 Å². The molecule has 0 aromatic carbocycles. The second kappa shape index (κ2) is 5.99. The lowest BCUT2D eigenvalue weighted by atomic mass is 9.85. The molecule has 0 aliphatic heterocycles. The molecular weight excluding hydrogens is 190 g/mol. The Morgan fingerprint density at radius 2 is 1.93 bits per heavy atom. The van der Waals surface area contributed by atoms with Crippen molar-refractivity contribution in [3.63, 3.8) is 0 Å². The molecule has 1 aliphatic carbocycles. The van der Waals surface area contributed by atoms with E-state index in [0.717, 1.165) is 18.8 Å². The Labute approximate surface area is 92.6 Å². The first-order chi connectivity index (χ1) is 7.11. The highest BCUT2D eigenvalue weighted by Crippen LogP contribution is 2.26. The zero-order chi connectivity index (χ0) is 11.3. The van der Waals surface area contributed by atoms with Crippen molar-refractivity contribution in [2.24, 2.45) is 5.92 Å². The van der Waals surface area contributed by atoms with Crippen LogP contribution in [0.3, 0.4) is 0 Å². The smallest absolute Gasteiger partial charge is 0.407 e. The van der Waals surface area contributed by atoms with Gasteiger partial charge in [-0.05, 0) is 45.4 Å². The lowest BCUT2D eigenvalue weighted by Gasteiger charge is -2.28. The van der Waals surface area contributed by atoms with E-state index < -0.39 is 0 Å². The summed E-state index contributed by atoms with van der Waals surface area (Å²) in [6, 6.07) is 0.332. The van der Waals surface area contributed by atoms with E-state index in [-0.39, 0.29) is 12.2 Å². The van der Waals surface area contributed by atoms with Crippen molar-refractivity contribution < 1.29 is 9.53 Å². The molecule has 88 valence electrons. The first kappa shape index (κ1) is 12.3. The second-order valence-corrected chi connectivity index (χ2v) is 4.72. The van der Waals surface area contributed by atoms with E-state index in [9.17, 15) is 4.79 Å². The third kappa shape index (κ3) is 4.54. The summed E-state index contributed by atoms with van der Waals surface area (Å²) in [4.78, 5) is 11.3. The minimum Gasteiger partial charge on any atom is -0.447 e. The van der Waals surface area contributed by atoms with Crippen LogP contribution in [-0.2, 0) is 4.74 Å². The van der Waals surface area contributed by atoms with Gasteiger partial charge in [-0.3, -0.25) is 0 Å². The number of ether oxygens (including phenoxy) is 1. The molecule has 3 nitrogen and oxygen atoms in total. The van der Waals surface area contributed by atoms with Gasteiger partial charge in [0.05, 0.1) is 6.10 Å².